The van der Waals surface area contributed by atoms with Gasteiger partial charge in [0.15, 0.2) is 0 Å². The lowest BCUT2D eigenvalue weighted by molar-refractivity contribution is 0.320. The van der Waals surface area contributed by atoms with Crippen LogP contribution in [0.1, 0.15) is 24.6 Å². The maximum Gasteiger partial charge on any atom is 0.250 e. The van der Waals surface area contributed by atoms with Crippen molar-refractivity contribution in [1.29, 1.82) is 5.26 Å². The molecule has 2 rings (SSSR count). The number of rotatable bonds is 4. The van der Waals surface area contributed by atoms with Gasteiger partial charge in [0.2, 0.25) is 10.0 Å². The molecular weight excluding hydrogens is 282 g/mol. The van der Waals surface area contributed by atoms with Crippen LogP contribution < -0.4 is 10.0 Å². The Morgan fingerprint density at radius 1 is 1.58 bits per heavy atom. The monoisotopic (exact) mass is 299 g/mol. The number of piperidine rings is 1. The van der Waals surface area contributed by atoms with Gasteiger partial charge in [-0.15, -0.1) is 11.3 Å². The van der Waals surface area contributed by atoms with E-state index < -0.39 is 10.0 Å². The number of hydrogen-bond acceptors (Lipinski definition) is 5. The van der Waals surface area contributed by atoms with Crippen LogP contribution in [0.3, 0.4) is 0 Å². The summed E-state index contributed by atoms with van der Waals surface area (Å²) in [6.07, 6.45) is 2.11. The van der Waals surface area contributed by atoms with E-state index >= 15 is 0 Å². The fourth-order valence-corrected chi connectivity index (χ4v) is 4.66. The summed E-state index contributed by atoms with van der Waals surface area (Å²) in [5.41, 5.74) is 0. The standard InChI is InChI=1S/C12H17N3O2S2/c1-9(10-3-2-6-14-8-10)15-19(16,17)12-5-4-11(7-13)18-12/h4-5,9-10,14-15H,2-3,6,8H2,1H3. The summed E-state index contributed by atoms with van der Waals surface area (Å²) in [6.45, 7) is 3.75. The molecule has 0 bridgehead atoms. The molecule has 1 aliphatic rings. The van der Waals surface area contributed by atoms with E-state index in [1.165, 1.54) is 12.1 Å². The van der Waals surface area contributed by atoms with Gasteiger partial charge in [-0.25, -0.2) is 13.1 Å². The lowest BCUT2D eigenvalue weighted by atomic mass is 9.94. The van der Waals surface area contributed by atoms with Crippen molar-refractivity contribution in [2.75, 3.05) is 13.1 Å². The number of nitrogens with zero attached hydrogens (tertiary/aromatic N) is 1. The van der Waals surface area contributed by atoms with Gasteiger partial charge in [0.25, 0.3) is 0 Å². The Balaban J connectivity index is 2.06. The highest BCUT2D eigenvalue weighted by molar-refractivity contribution is 7.91. The summed E-state index contributed by atoms with van der Waals surface area (Å²) in [5.74, 6) is 0.318. The molecule has 2 unspecified atom stereocenters. The smallest absolute Gasteiger partial charge is 0.250 e. The van der Waals surface area contributed by atoms with Crippen LogP contribution in [-0.2, 0) is 10.0 Å². The third-order valence-corrected chi connectivity index (χ3v) is 6.38. The highest BCUT2D eigenvalue weighted by Crippen LogP contribution is 2.22. The van der Waals surface area contributed by atoms with Gasteiger partial charge in [-0.3, -0.25) is 0 Å². The van der Waals surface area contributed by atoms with Gasteiger partial charge in [0, 0.05) is 6.04 Å². The second-order valence-electron chi connectivity index (χ2n) is 4.75. The van der Waals surface area contributed by atoms with Crippen molar-refractivity contribution >= 4 is 21.4 Å². The lowest BCUT2D eigenvalue weighted by Crippen LogP contribution is -2.44. The van der Waals surface area contributed by atoms with Crippen molar-refractivity contribution in [3.63, 3.8) is 0 Å². The third-order valence-electron chi connectivity index (χ3n) is 3.34. The molecule has 1 aromatic rings. The molecule has 2 atom stereocenters. The van der Waals surface area contributed by atoms with E-state index in [-0.39, 0.29) is 10.3 Å². The topological polar surface area (TPSA) is 82.0 Å². The Morgan fingerprint density at radius 2 is 2.37 bits per heavy atom. The molecule has 7 heteroatoms. The van der Waals surface area contributed by atoms with Crippen LogP contribution in [0.25, 0.3) is 0 Å². The largest absolute Gasteiger partial charge is 0.316 e. The van der Waals surface area contributed by atoms with Crippen molar-refractivity contribution in [2.45, 2.75) is 30.0 Å². The van der Waals surface area contributed by atoms with Crippen molar-refractivity contribution < 1.29 is 8.42 Å². The average molecular weight is 299 g/mol. The van der Waals surface area contributed by atoms with E-state index in [0.717, 1.165) is 37.3 Å². The molecule has 1 saturated heterocycles. The predicted octanol–water partition coefficient (Wildman–Crippen LogP) is 1.29. The van der Waals surface area contributed by atoms with Crippen LogP contribution in [0.15, 0.2) is 16.3 Å². The minimum atomic E-state index is -3.51. The minimum absolute atomic E-state index is 0.106. The highest BCUT2D eigenvalue weighted by Gasteiger charge is 2.25. The Morgan fingerprint density at radius 3 is 2.95 bits per heavy atom. The van der Waals surface area contributed by atoms with Gasteiger partial charge < -0.3 is 5.32 Å². The minimum Gasteiger partial charge on any atom is -0.316 e. The van der Waals surface area contributed by atoms with Crippen molar-refractivity contribution in [3.05, 3.63) is 17.0 Å². The summed E-state index contributed by atoms with van der Waals surface area (Å²) in [4.78, 5) is 0.410. The zero-order valence-corrected chi connectivity index (χ0v) is 12.4. The molecule has 0 aromatic carbocycles. The van der Waals surface area contributed by atoms with Crippen LogP contribution in [0.2, 0.25) is 0 Å². The van der Waals surface area contributed by atoms with E-state index in [9.17, 15) is 8.42 Å². The molecule has 19 heavy (non-hydrogen) atoms. The van der Waals surface area contributed by atoms with Crippen LogP contribution in [0.5, 0.6) is 0 Å². The van der Waals surface area contributed by atoms with E-state index in [0.29, 0.717) is 10.8 Å². The van der Waals surface area contributed by atoms with Gasteiger partial charge >= 0.3 is 0 Å². The summed E-state index contributed by atoms with van der Waals surface area (Å²) < 4.78 is 27.3. The van der Waals surface area contributed by atoms with E-state index in [2.05, 4.69) is 10.0 Å². The van der Waals surface area contributed by atoms with Crippen LogP contribution in [0.4, 0.5) is 0 Å². The number of nitriles is 1. The van der Waals surface area contributed by atoms with E-state index in [1.807, 2.05) is 13.0 Å². The third kappa shape index (κ3) is 3.54. The summed E-state index contributed by atoms with van der Waals surface area (Å²) in [5, 5.41) is 12.0. The van der Waals surface area contributed by atoms with E-state index in [4.69, 9.17) is 5.26 Å². The Hall–Kier alpha value is -0.940. The van der Waals surface area contributed by atoms with Gasteiger partial charge in [0.05, 0.1) is 0 Å². The molecule has 104 valence electrons. The van der Waals surface area contributed by atoms with Crippen LogP contribution in [-0.4, -0.2) is 27.5 Å². The van der Waals surface area contributed by atoms with Crippen molar-refractivity contribution in [1.82, 2.24) is 10.0 Å². The first kappa shape index (κ1) is 14.5. The summed E-state index contributed by atoms with van der Waals surface area (Å²) >= 11 is 1.00. The van der Waals surface area contributed by atoms with Gasteiger partial charge in [-0.2, -0.15) is 5.26 Å². The number of hydrogen-bond donors (Lipinski definition) is 2. The molecule has 1 aliphatic heterocycles. The Labute approximate surface area is 117 Å². The SMILES string of the molecule is CC(NS(=O)(=O)c1ccc(C#N)s1)C1CCCNC1. The molecule has 1 aromatic heterocycles. The van der Waals surface area contributed by atoms with Gasteiger partial charge in [-0.1, -0.05) is 0 Å². The fourth-order valence-electron chi connectivity index (χ4n) is 2.23. The Bertz CT molecular complexity index is 568. The first-order valence-electron chi connectivity index (χ1n) is 6.26. The normalized spacial score (nSPS) is 21.8. The van der Waals surface area contributed by atoms with E-state index in [1.54, 1.807) is 0 Å². The molecular formula is C12H17N3O2S2. The fraction of sp³-hybridized carbons (Fsp3) is 0.583. The average Bonchev–Trinajstić information content (AvgIpc) is 2.89. The van der Waals surface area contributed by atoms with Crippen molar-refractivity contribution in [2.24, 2.45) is 5.92 Å². The second kappa shape index (κ2) is 6.01. The molecule has 0 saturated carbocycles. The zero-order chi connectivity index (χ0) is 13.9. The molecule has 2 heterocycles. The maximum atomic E-state index is 12.2. The lowest BCUT2D eigenvalue weighted by Gasteiger charge is -2.28. The number of thiophene rings is 1. The quantitative estimate of drug-likeness (QED) is 0.877. The van der Waals surface area contributed by atoms with Crippen LogP contribution >= 0.6 is 11.3 Å². The zero-order valence-electron chi connectivity index (χ0n) is 10.7. The molecule has 0 aliphatic carbocycles. The maximum absolute atomic E-state index is 12.2. The molecule has 1 fully saturated rings. The molecule has 5 nitrogen and oxygen atoms in total. The highest BCUT2D eigenvalue weighted by atomic mass is 32.2. The molecule has 2 N–H and O–H groups in total. The first-order chi connectivity index (χ1) is 9.03. The first-order valence-corrected chi connectivity index (χ1v) is 8.56. The molecule has 0 amide bonds. The number of sulfonamides is 1. The Kier molecular flexibility index (Phi) is 4.58. The van der Waals surface area contributed by atoms with Crippen molar-refractivity contribution in [3.8, 4) is 6.07 Å². The summed E-state index contributed by atoms with van der Waals surface area (Å²) in [6, 6.07) is 4.86. The second-order valence-corrected chi connectivity index (χ2v) is 7.77. The van der Waals surface area contributed by atoms with Gasteiger partial charge in [0.1, 0.15) is 15.2 Å². The van der Waals surface area contributed by atoms with Gasteiger partial charge in [-0.05, 0) is 50.9 Å². The predicted molar refractivity (Wildman–Crippen MR) is 74.4 cm³/mol. The molecule has 0 spiro atoms. The van der Waals surface area contributed by atoms with Crippen LogP contribution in [0, 0.1) is 17.2 Å². The number of nitrogens with one attached hydrogen (secondary N) is 2. The molecule has 0 radical (unpaired) electrons. The summed E-state index contributed by atoms with van der Waals surface area (Å²) in [7, 11) is -3.51.